The summed E-state index contributed by atoms with van der Waals surface area (Å²) in [7, 11) is 0. The van der Waals surface area contributed by atoms with Crippen molar-refractivity contribution in [1.29, 1.82) is 0 Å². The number of aromatic nitrogens is 5. The van der Waals surface area contributed by atoms with Gasteiger partial charge in [0.05, 0.1) is 11.9 Å². The van der Waals surface area contributed by atoms with Crippen LogP contribution in [0.3, 0.4) is 0 Å². The summed E-state index contributed by atoms with van der Waals surface area (Å²) in [6.45, 7) is 6.65. The van der Waals surface area contributed by atoms with Crippen LogP contribution in [0, 0.1) is 0 Å². The molecule has 30 heavy (non-hydrogen) atoms. The summed E-state index contributed by atoms with van der Waals surface area (Å²) in [6.07, 6.45) is 5.35. The topological polar surface area (TPSA) is 99.3 Å². The number of aromatic amines is 2. The van der Waals surface area contributed by atoms with Crippen molar-refractivity contribution in [1.82, 2.24) is 30.7 Å². The Morgan fingerprint density at radius 3 is 2.40 bits per heavy atom. The molecule has 0 fully saturated rings. The van der Waals surface area contributed by atoms with Crippen molar-refractivity contribution >= 4 is 5.91 Å². The summed E-state index contributed by atoms with van der Waals surface area (Å²) < 4.78 is 0. The first-order valence-corrected chi connectivity index (χ1v) is 9.79. The second kappa shape index (κ2) is 7.94. The molecule has 0 aliphatic heterocycles. The number of hydrogen-bond donors (Lipinski definition) is 3. The highest BCUT2D eigenvalue weighted by atomic mass is 16.1. The van der Waals surface area contributed by atoms with E-state index in [1.807, 2.05) is 42.6 Å². The van der Waals surface area contributed by atoms with E-state index in [1.165, 1.54) is 0 Å². The predicted octanol–water partition coefficient (Wildman–Crippen LogP) is 4.09. The largest absolute Gasteiger partial charge is 0.347 e. The maximum absolute atomic E-state index is 12.4. The Balaban J connectivity index is 1.43. The first-order chi connectivity index (χ1) is 14.4. The minimum atomic E-state index is -0.195. The van der Waals surface area contributed by atoms with Gasteiger partial charge in [-0.05, 0) is 29.3 Å². The number of pyridine rings is 1. The molecule has 3 N–H and O–H groups in total. The number of carbonyl (C=O) groups is 1. The Bertz CT molecular complexity index is 1140. The van der Waals surface area contributed by atoms with Crippen molar-refractivity contribution in [3.63, 3.8) is 0 Å². The minimum absolute atomic E-state index is 0.0802. The fourth-order valence-corrected chi connectivity index (χ4v) is 3.14. The Morgan fingerprint density at radius 2 is 1.73 bits per heavy atom. The molecule has 0 saturated carbocycles. The van der Waals surface area contributed by atoms with Crippen LogP contribution >= 0.6 is 0 Å². The molecule has 0 aliphatic carbocycles. The molecule has 1 aromatic carbocycles. The molecule has 7 heteroatoms. The second-order valence-corrected chi connectivity index (χ2v) is 8.19. The van der Waals surface area contributed by atoms with Gasteiger partial charge in [-0.1, -0.05) is 45.0 Å². The van der Waals surface area contributed by atoms with Crippen LogP contribution in [0.25, 0.3) is 22.4 Å². The lowest BCUT2D eigenvalue weighted by atomic mass is 9.92. The van der Waals surface area contributed by atoms with Gasteiger partial charge in [0.15, 0.2) is 0 Å². The lowest BCUT2D eigenvalue weighted by molar-refractivity contribution is 0.0946. The molecular formula is C23H24N6O. The first kappa shape index (κ1) is 19.6. The Kier molecular flexibility index (Phi) is 5.18. The molecule has 7 nitrogen and oxygen atoms in total. The van der Waals surface area contributed by atoms with Crippen LogP contribution < -0.4 is 5.32 Å². The molecule has 0 aliphatic rings. The lowest BCUT2D eigenvalue weighted by Crippen LogP contribution is -2.23. The van der Waals surface area contributed by atoms with E-state index in [0.717, 1.165) is 33.6 Å². The third-order valence-electron chi connectivity index (χ3n) is 4.94. The van der Waals surface area contributed by atoms with E-state index in [2.05, 4.69) is 51.5 Å². The van der Waals surface area contributed by atoms with Gasteiger partial charge >= 0.3 is 0 Å². The molecule has 0 unspecified atom stereocenters. The van der Waals surface area contributed by atoms with Crippen LogP contribution in [0.2, 0.25) is 0 Å². The lowest BCUT2D eigenvalue weighted by Gasteiger charge is -2.14. The zero-order chi connectivity index (χ0) is 21.1. The van der Waals surface area contributed by atoms with Crippen LogP contribution in [0.1, 0.15) is 42.5 Å². The molecule has 3 aromatic heterocycles. The summed E-state index contributed by atoms with van der Waals surface area (Å²) in [5, 5.41) is 17.3. The third kappa shape index (κ3) is 4.15. The quantitative estimate of drug-likeness (QED) is 0.470. The SMILES string of the molecule is CC(C)(C)c1cc(C(=O)NCc2ccc(-c3[nH]ncc3-c3ccncc3)cc2)n[nH]1. The third-order valence-corrected chi connectivity index (χ3v) is 4.94. The average molecular weight is 400 g/mol. The van der Waals surface area contributed by atoms with Gasteiger partial charge in [-0.2, -0.15) is 10.2 Å². The predicted molar refractivity (Wildman–Crippen MR) is 116 cm³/mol. The van der Waals surface area contributed by atoms with Gasteiger partial charge in [0.25, 0.3) is 5.91 Å². The molecule has 0 saturated heterocycles. The number of H-pyrrole nitrogens is 2. The second-order valence-electron chi connectivity index (χ2n) is 8.19. The first-order valence-electron chi connectivity index (χ1n) is 9.79. The fourth-order valence-electron chi connectivity index (χ4n) is 3.14. The Labute approximate surface area is 175 Å². The van der Waals surface area contributed by atoms with E-state index in [9.17, 15) is 4.79 Å². The summed E-state index contributed by atoms with van der Waals surface area (Å²) in [4.78, 5) is 16.5. The Morgan fingerprint density at radius 1 is 1.00 bits per heavy atom. The fraction of sp³-hybridized carbons (Fsp3) is 0.217. The van der Waals surface area contributed by atoms with Crippen molar-refractivity contribution < 1.29 is 4.79 Å². The smallest absolute Gasteiger partial charge is 0.272 e. The van der Waals surface area contributed by atoms with E-state index in [-0.39, 0.29) is 11.3 Å². The van der Waals surface area contributed by atoms with Gasteiger partial charge in [0.1, 0.15) is 5.69 Å². The van der Waals surface area contributed by atoms with E-state index >= 15 is 0 Å². The number of benzene rings is 1. The number of carbonyl (C=O) groups excluding carboxylic acids is 1. The van der Waals surface area contributed by atoms with Crippen molar-refractivity contribution in [3.8, 4) is 22.4 Å². The monoisotopic (exact) mass is 400 g/mol. The molecule has 0 radical (unpaired) electrons. The number of nitrogens with one attached hydrogen (secondary N) is 3. The molecule has 0 bridgehead atoms. The molecular weight excluding hydrogens is 376 g/mol. The number of amides is 1. The van der Waals surface area contributed by atoms with Crippen LogP contribution in [-0.2, 0) is 12.0 Å². The van der Waals surface area contributed by atoms with Crippen molar-refractivity contribution in [2.75, 3.05) is 0 Å². The standard InChI is InChI=1S/C23H24N6O/c1-23(2,3)20-12-19(27-28-20)22(30)25-13-15-4-6-17(7-5-15)21-18(14-26-29-21)16-8-10-24-11-9-16/h4-12,14H,13H2,1-3H3,(H,25,30)(H,26,29)(H,27,28). The van der Waals surface area contributed by atoms with Crippen molar-refractivity contribution in [3.05, 3.63) is 78.0 Å². The summed E-state index contributed by atoms with van der Waals surface area (Å²) in [5.41, 5.74) is 6.30. The Hall–Kier alpha value is -3.74. The van der Waals surface area contributed by atoms with Gasteiger partial charge in [0.2, 0.25) is 0 Å². The number of hydrogen-bond acceptors (Lipinski definition) is 4. The van der Waals surface area contributed by atoms with Crippen LogP contribution in [-0.4, -0.2) is 31.3 Å². The average Bonchev–Trinajstić information content (AvgIpc) is 3.43. The van der Waals surface area contributed by atoms with Gasteiger partial charge in [-0.3, -0.25) is 20.0 Å². The van der Waals surface area contributed by atoms with E-state index in [1.54, 1.807) is 18.5 Å². The molecule has 3 heterocycles. The highest BCUT2D eigenvalue weighted by molar-refractivity contribution is 5.92. The van der Waals surface area contributed by atoms with Gasteiger partial charge in [-0.25, -0.2) is 0 Å². The molecule has 4 aromatic rings. The van der Waals surface area contributed by atoms with Crippen LogP contribution in [0.4, 0.5) is 0 Å². The number of nitrogens with zero attached hydrogens (tertiary/aromatic N) is 3. The highest BCUT2D eigenvalue weighted by Gasteiger charge is 2.19. The maximum Gasteiger partial charge on any atom is 0.272 e. The number of rotatable bonds is 5. The summed E-state index contributed by atoms with van der Waals surface area (Å²) in [6, 6.07) is 13.8. The summed E-state index contributed by atoms with van der Waals surface area (Å²) in [5.74, 6) is -0.195. The van der Waals surface area contributed by atoms with Gasteiger partial charge in [0, 0.05) is 41.2 Å². The van der Waals surface area contributed by atoms with Gasteiger partial charge in [-0.15, -0.1) is 0 Å². The molecule has 0 spiro atoms. The maximum atomic E-state index is 12.4. The normalized spacial score (nSPS) is 11.4. The van der Waals surface area contributed by atoms with Crippen LogP contribution in [0.15, 0.2) is 61.1 Å². The van der Waals surface area contributed by atoms with Crippen molar-refractivity contribution in [2.45, 2.75) is 32.7 Å². The van der Waals surface area contributed by atoms with E-state index in [0.29, 0.717) is 12.2 Å². The molecule has 0 atom stereocenters. The summed E-state index contributed by atoms with van der Waals surface area (Å²) >= 11 is 0. The van der Waals surface area contributed by atoms with Crippen molar-refractivity contribution in [2.24, 2.45) is 0 Å². The minimum Gasteiger partial charge on any atom is -0.347 e. The van der Waals surface area contributed by atoms with Gasteiger partial charge < -0.3 is 5.32 Å². The van der Waals surface area contributed by atoms with Crippen LogP contribution in [0.5, 0.6) is 0 Å². The zero-order valence-electron chi connectivity index (χ0n) is 17.2. The van der Waals surface area contributed by atoms with E-state index < -0.39 is 0 Å². The molecule has 4 rings (SSSR count). The van der Waals surface area contributed by atoms with E-state index in [4.69, 9.17) is 0 Å². The highest BCUT2D eigenvalue weighted by Crippen LogP contribution is 2.29. The molecule has 1 amide bonds. The zero-order valence-corrected chi connectivity index (χ0v) is 17.2. The molecule has 152 valence electrons.